The van der Waals surface area contributed by atoms with E-state index in [2.05, 4.69) is 4.98 Å². The van der Waals surface area contributed by atoms with Crippen molar-refractivity contribution < 1.29 is 12.6 Å². The van der Waals surface area contributed by atoms with Gasteiger partial charge in [-0.05, 0) is 48.5 Å². The largest absolute Gasteiger partial charge is 0.378 e. The molecular weight excluding hydrogens is 342 g/mol. The van der Waals surface area contributed by atoms with Crippen LogP contribution in [0.5, 0.6) is 5.75 Å². The van der Waals surface area contributed by atoms with E-state index in [0.29, 0.717) is 5.02 Å². The standard InChI is InChI=1S/C15H10ClNO3S2/c16-11-4-6-12(7-5-11)20-22(18,19)15-9-8-14(21-15)13-3-1-2-10-17-13/h1-10H. The van der Waals surface area contributed by atoms with Crippen molar-refractivity contribution in [1.29, 1.82) is 0 Å². The Hall–Kier alpha value is -1.89. The highest BCUT2D eigenvalue weighted by molar-refractivity contribution is 7.89. The molecule has 0 atom stereocenters. The molecule has 0 unspecified atom stereocenters. The average Bonchev–Trinajstić information content (AvgIpc) is 3.01. The summed E-state index contributed by atoms with van der Waals surface area (Å²) in [4.78, 5) is 4.96. The van der Waals surface area contributed by atoms with E-state index in [4.69, 9.17) is 15.8 Å². The summed E-state index contributed by atoms with van der Waals surface area (Å²) in [5, 5.41) is 0.512. The van der Waals surface area contributed by atoms with Gasteiger partial charge >= 0.3 is 10.1 Å². The Bertz CT molecular complexity index is 875. The first-order chi connectivity index (χ1) is 10.5. The molecule has 0 amide bonds. The van der Waals surface area contributed by atoms with Gasteiger partial charge in [-0.2, -0.15) is 8.42 Å². The minimum atomic E-state index is -3.87. The van der Waals surface area contributed by atoms with Crippen molar-refractivity contribution in [2.75, 3.05) is 0 Å². The van der Waals surface area contributed by atoms with Crippen LogP contribution in [-0.4, -0.2) is 13.4 Å². The summed E-state index contributed by atoms with van der Waals surface area (Å²) in [6.07, 6.45) is 1.66. The van der Waals surface area contributed by atoms with E-state index in [1.165, 1.54) is 18.2 Å². The quantitative estimate of drug-likeness (QED) is 0.660. The van der Waals surface area contributed by atoms with Crippen molar-refractivity contribution >= 4 is 33.1 Å². The van der Waals surface area contributed by atoms with E-state index in [-0.39, 0.29) is 9.96 Å². The van der Waals surface area contributed by atoms with E-state index >= 15 is 0 Å². The smallest absolute Gasteiger partial charge is 0.348 e. The van der Waals surface area contributed by atoms with Crippen LogP contribution in [0.25, 0.3) is 10.6 Å². The van der Waals surface area contributed by atoms with Gasteiger partial charge in [0.1, 0.15) is 5.75 Å². The highest BCUT2D eigenvalue weighted by Gasteiger charge is 2.20. The monoisotopic (exact) mass is 351 g/mol. The Morgan fingerprint density at radius 3 is 2.45 bits per heavy atom. The normalized spacial score (nSPS) is 11.3. The van der Waals surface area contributed by atoms with Crippen LogP contribution >= 0.6 is 22.9 Å². The molecule has 2 heterocycles. The summed E-state index contributed by atoms with van der Waals surface area (Å²) >= 11 is 6.87. The first-order valence-corrected chi connectivity index (χ1v) is 8.86. The van der Waals surface area contributed by atoms with Crippen LogP contribution in [0.2, 0.25) is 5.02 Å². The molecule has 3 aromatic rings. The van der Waals surface area contributed by atoms with Gasteiger partial charge in [0.25, 0.3) is 0 Å². The third-order valence-electron chi connectivity index (χ3n) is 2.76. The van der Waals surface area contributed by atoms with Crippen LogP contribution in [0, 0.1) is 0 Å². The number of nitrogens with zero attached hydrogens (tertiary/aromatic N) is 1. The highest BCUT2D eigenvalue weighted by Crippen LogP contribution is 2.31. The lowest BCUT2D eigenvalue weighted by Crippen LogP contribution is -2.07. The van der Waals surface area contributed by atoms with Gasteiger partial charge in [0.15, 0.2) is 4.21 Å². The topological polar surface area (TPSA) is 56.3 Å². The molecular formula is C15H10ClNO3S2. The number of halogens is 1. The second kappa shape index (κ2) is 6.08. The Morgan fingerprint density at radius 2 is 1.77 bits per heavy atom. The Morgan fingerprint density at radius 1 is 1.00 bits per heavy atom. The molecule has 0 aliphatic heterocycles. The van der Waals surface area contributed by atoms with Crippen molar-refractivity contribution in [2.45, 2.75) is 4.21 Å². The molecule has 2 aromatic heterocycles. The first kappa shape index (κ1) is 15.0. The third kappa shape index (κ3) is 3.30. The molecule has 0 bridgehead atoms. The molecule has 0 spiro atoms. The lowest BCUT2D eigenvalue weighted by molar-refractivity contribution is 0.488. The second-order valence-corrected chi connectivity index (χ2v) is 7.62. The van der Waals surface area contributed by atoms with Crippen LogP contribution in [-0.2, 0) is 10.1 Å². The summed E-state index contributed by atoms with van der Waals surface area (Å²) in [5.41, 5.74) is 0.723. The lowest BCUT2D eigenvalue weighted by Gasteiger charge is -2.04. The fourth-order valence-corrected chi connectivity index (χ4v) is 4.06. The summed E-state index contributed by atoms with van der Waals surface area (Å²) < 4.78 is 29.8. The maximum absolute atomic E-state index is 12.3. The molecule has 7 heteroatoms. The number of thiophene rings is 1. The van der Waals surface area contributed by atoms with Gasteiger partial charge in [0, 0.05) is 11.2 Å². The fourth-order valence-electron chi connectivity index (χ4n) is 1.76. The Kier molecular flexibility index (Phi) is 4.15. The molecule has 0 N–H and O–H groups in total. The van der Waals surface area contributed by atoms with Gasteiger partial charge in [-0.15, -0.1) is 11.3 Å². The summed E-state index contributed by atoms with van der Waals surface area (Å²) in [6, 6.07) is 14.9. The van der Waals surface area contributed by atoms with Crippen LogP contribution < -0.4 is 4.18 Å². The van der Waals surface area contributed by atoms with Crippen molar-refractivity contribution in [3.05, 3.63) is 65.8 Å². The van der Waals surface area contributed by atoms with Crippen molar-refractivity contribution in [3.8, 4) is 16.3 Å². The van der Waals surface area contributed by atoms with E-state index in [0.717, 1.165) is 21.9 Å². The van der Waals surface area contributed by atoms with Gasteiger partial charge in [-0.25, -0.2) is 0 Å². The summed E-state index contributed by atoms with van der Waals surface area (Å²) in [7, 11) is -3.87. The minimum absolute atomic E-state index is 0.128. The van der Waals surface area contributed by atoms with Gasteiger partial charge in [0.2, 0.25) is 0 Å². The van der Waals surface area contributed by atoms with Gasteiger partial charge in [-0.3, -0.25) is 4.98 Å². The maximum Gasteiger partial charge on any atom is 0.348 e. The molecule has 4 nitrogen and oxygen atoms in total. The van der Waals surface area contributed by atoms with E-state index in [9.17, 15) is 8.42 Å². The molecule has 1 aromatic carbocycles. The minimum Gasteiger partial charge on any atom is -0.378 e. The maximum atomic E-state index is 12.3. The molecule has 0 fully saturated rings. The van der Waals surface area contributed by atoms with Gasteiger partial charge in [0.05, 0.1) is 10.6 Å². The molecule has 0 aliphatic carbocycles. The van der Waals surface area contributed by atoms with E-state index < -0.39 is 10.1 Å². The van der Waals surface area contributed by atoms with Gasteiger partial charge < -0.3 is 4.18 Å². The molecule has 0 saturated heterocycles. The predicted octanol–water partition coefficient (Wildman–Crippen LogP) is 4.23. The van der Waals surface area contributed by atoms with Crippen LogP contribution in [0.4, 0.5) is 0 Å². The number of rotatable bonds is 4. The highest BCUT2D eigenvalue weighted by atomic mass is 35.5. The predicted molar refractivity (Wildman–Crippen MR) is 86.8 cm³/mol. The van der Waals surface area contributed by atoms with Gasteiger partial charge in [-0.1, -0.05) is 17.7 Å². The van der Waals surface area contributed by atoms with E-state index in [1.54, 1.807) is 30.5 Å². The second-order valence-electron chi connectivity index (χ2n) is 4.33. The number of hydrogen-bond donors (Lipinski definition) is 0. The molecule has 0 radical (unpaired) electrons. The van der Waals surface area contributed by atoms with Crippen LogP contribution in [0.15, 0.2) is 65.0 Å². The molecule has 0 aliphatic rings. The number of hydrogen-bond acceptors (Lipinski definition) is 5. The number of aromatic nitrogens is 1. The van der Waals surface area contributed by atoms with Crippen LogP contribution in [0.1, 0.15) is 0 Å². The lowest BCUT2D eigenvalue weighted by atomic mass is 10.3. The molecule has 22 heavy (non-hydrogen) atoms. The van der Waals surface area contributed by atoms with E-state index in [1.807, 2.05) is 12.1 Å². The molecule has 112 valence electrons. The third-order valence-corrected chi connectivity index (χ3v) is 5.82. The average molecular weight is 352 g/mol. The Labute approximate surface area is 137 Å². The van der Waals surface area contributed by atoms with Crippen molar-refractivity contribution in [3.63, 3.8) is 0 Å². The number of benzene rings is 1. The molecule has 3 rings (SSSR count). The van der Waals surface area contributed by atoms with Crippen molar-refractivity contribution in [2.24, 2.45) is 0 Å². The summed E-state index contributed by atoms with van der Waals surface area (Å²) in [6.45, 7) is 0. The summed E-state index contributed by atoms with van der Waals surface area (Å²) in [5.74, 6) is 0.220. The molecule has 0 saturated carbocycles. The van der Waals surface area contributed by atoms with Crippen molar-refractivity contribution in [1.82, 2.24) is 4.98 Å². The van der Waals surface area contributed by atoms with Crippen LogP contribution in [0.3, 0.4) is 0 Å². The first-order valence-electron chi connectivity index (χ1n) is 6.26. The zero-order chi connectivity index (χ0) is 15.6. The fraction of sp³-hybridized carbons (Fsp3) is 0. The Balaban J connectivity index is 1.87. The SMILES string of the molecule is O=S(=O)(Oc1ccc(Cl)cc1)c1ccc(-c2ccccn2)s1. The number of pyridine rings is 1. The zero-order valence-corrected chi connectivity index (χ0v) is 13.5. The zero-order valence-electron chi connectivity index (χ0n) is 11.1.